The molecule has 1 aliphatic rings. The average Bonchev–Trinajstić information content (AvgIpc) is 2.37. The van der Waals surface area contributed by atoms with Crippen molar-refractivity contribution in [3.8, 4) is 0 Å². The Morgan fingerprint density at radius 1 is 1.15 bits per heavy atom. The van der Waals surface area contributed by atoms with Gasteiger partial charge in [-0.2, -0.15) is 0 Å². The van der Waals surface area contributed by atoms with Crippen LogP contribution in [0.25, 0.3) is 0 Å². The summed E-state index contributed by atoms with van der Waals surface area (Å²) in [5.74, 6) is 0.946. The molecule has 0 bridgehead atoms. The van der Waals surface area contributed by atoms with Crippen LogP contribution in [0.1, 0.15) is 53.4 Å². The molecular formula is C15H32N2O2S. The third-order valence-electron chi connectivity index (χ3n) is 4.33. The smallest absolute Gasteiger partial charge is 0.214 e. The molecule has 1 saturated heterocycles. The summed E-state index contributed by atoms with van der Waals surface area (Å²) in [7, 11) is -3.03. The minimum absolute atomic E-state index is 0.293. The lowest BCUT2D eigenvalue weighted by molar-refractivity contribution is 0.154. The van der Waals surface area contributed by atoms with Gasteiger partial charge in [0, 0.05) is 13.1 Å². The Kier molecular flexibility index (Phi) is 6.95. The van der Waals surface area contributed by atoms with Gasteiger partial charge in [0.25, 0.3) is 0 Å². The highest BCUT2D eigenvalue weighted by atomic mass is 32.2. The van der Waals surface area contributed by atoms with E-state index in [1.54, 1.807) is 4.31 Å². The summed E-state index contributed by atoms with van der Waals surface area (Å²) < 4.78 is 26.3. The van der Waals surface area contributed by atoms with Crippen LogP contribution in [0, 0.1) is 11.3 Å². The van der Waals surface area contributed by atoms with E-state index in [9.17, 15) is 8.42 Å². The molecule has 5 heteroatoms. The van der Waals surface area contributed by atoms with Crippen LogP contribution in [-0.2, 0) is 10.0 Å². The van der Waals surface area contributed by atoms with Gasteiger partial charge in [0.15, 0.2) is 0 Å². The van der Waals surface area contributed by atoms with E-state index in [0.717, 1.165) is 38.8 Å². The zero-order valence-corrected chi connectivity index (χ0v) is 14.4. The lowest BCUT2D eigenvalue weighted by Crippen LogP contribution is -2.42. The topological polar surface area (TPSA) is 49.4 Å². The van der Waals surface area contributed by atoms with E-state index >= 15 is 0 Å². The molecule has 0 aromatic rings. The summed E-state index contributed by atoms with van der Waals surface area (Å²) in [5, 5.41) is 3.23. The number of sulfonamides is 1. The van der Waals surface area contributed by atoms with Gasteiger partial charge < -0.3 is 5.32 Å². The van der Waals surface area contributed by atoms with Gasteiger partial charge in [0.1, 0.15) is 0 Å². The van der Waals surface area contributed by atoms with Crippen molar-refractivity contribution in [2.24, 2.45) is 11.3 Å². The summed E-state index contributed by atoms with van der Waals surface area (Å²) in [5.41, 5.74) is 0.293. The molecule has 120 valence electrons. The quantitative estimate of drug-likeness (QED) is 0.735. The first kappa shape index (κ1) is 17.9. The maximum atomic E-state index is 12.3. The van der Waals surface area contributed by atoms with E-state index in [0.29, 0.717) is 30.2 Å². The van der Waals surface area contributed by atoms with Gasteiger partial charge >= 0.3 is 0 Å². The second kappa shape index (κ2) is 7.76. The minimum atomic E-state index is -3.03. The number of unbranched alkanes of at least 4 members (excludes halogenated alkanes) is 1. The predicted molar refractivity (Wildman–Crippen MR) is 85.3 cm³/mol. The van der Waals surface area contributed by atoms with Crippen LogP contribution in [0.2, 0.25) is 0 Å². The second-order valence-corrected chi connectivity index (χ2v) is 9.00. The lowest BCUT2D eigenvalue weighted by Gasteiger charge is -2.38. The van der Waals surface area contributed by atoms with Crippen LogP contribution >= 0.6 is 0 Å². The molecule has 0 radical (unpaired) electrons. The van der Waals surface area contributed by atoms with Gasteiger partial charge in [-0.05, 0) is 50.1 Å². The monoisotopic (exact) mass is 304 g/mol. The number of nitrogens with zero attached hydrogens (tertiary/aromatic N) is 1. The number of hydrogen-bond acceptors (Lipinski definition) is 3. The Bertz CT molecular complexity index is 366. The van der Waals surface area contributed by atoms with Crippen molar-refractivity contribution in [1.29, 1.82) is 0 Å². The third-order valence-corrected chi connectivity index (χ3v) is 6.28. The van der Waals surface area contributed by atoms with Crippen molar-refractivity contribution in [3.63, 3.8) is 0 Å². The average molecular weight is 305 g/mol. The fourth-order valence-corrected chi connectivity index (χ4v) is 4.43. The molecule has 0 saturated carbocycles. The van der Waals surface area contributed by atoms with E-state index in [1.165, 1.54) is 0 Å². The minimum Gasteiger partial charge on any atom is -0.317 e. The van der Waals surface area contributed by atoms with Crippen molar-refractivity contribution in [2.75, 3.05) is 31.9 Å². The zero-order valence-electron chi connectivity index (χ0n) is 13.6. The Balaban J connectivity index is 2.35. The van der Waals surface area contributed by atoms with Crippen molar-refractivity contribution in [2.45, 2.75) is 53.4 Å². The summed E-state index contributed by atoms with van der Waals surface area (Å²) in [4.78, 5) is 0. The molecule has 0 atom stereocenters. The van der Waals surface area contributed by atoms with Gasteiger partial charge in [-0.1, -0.05) is 27.7 Å². The van der Waals surface area contributed by atoms with E-state index < -0.39 is 10.0 Å². The molecule has 1 rings (SSSR count). The number of nitrogens with one attached hydrogen (secondary N) is 1. The molecule has 0 aromatic carbocycles. The van der Waals surface area contributed by atoms with E-state index in [4.69, 9.17) is 0 Å². The molecule has 4 nitrogen and oxygen atoms in total. The Morgan fingerprint density at radius 2 is 1.75 bits per heavy atom. The lowest BCUT2D eigenvalue weighted by atomic mass is 9.76. The maximum absolute atomic E-state index is 12.3. The van der Waals surface area contributed by atoms with Gasteiger partial charge in [0.2, 0.25) is 10.0 Å². The first-order chi connectivity index (χ1) is 9.27. The largest absolute Gasteiger partial charge is 0.317 e. The van der Waals surface area contributed by atoms with Gasteiger partial charge in [0.05, 0.1) is 5.75 Å². The van der Waals surface area contributed by atoms with Crippen molar-refractivity contribution < 1.29 is 8.42 Å². The molecule has 0 spiro atoms. The summed E-state index contributed by atoms with van der Waals surface area (Å²) in [6.45, 7) is 12.1. The molecule has 0 amide bonds. The third kappa shape index (κ3) is 5.70. The number of hydrogen-bond donors (Lipinski definition) is 1. The van der Waals surface area contributed by atoms with Crippen molar-refractivity contribution in [3.05, 3.63) is 0 Å². The highest BCUT2D eigenvalue weighted by Crippen LogP contribution is 2.34. The maximum Gasteiger partial charge on any atom is 0.214 e. The highest BCUT2D eigenvalue weighted by molar-refractivity contribution is 7.89. The van der Waals surface area contributed by atoms with Crippen LogP contribution in [0.3, 0.4) is 0 Å². The number of rotatable bonds is 7. The standard InChI is InChI=1S/C15H32N2O2S/c1-5-16-10-6-7-13-20(18,19)17-11-8-14(9-12-17)15(2,3)4/h14,16H,5-13H2,1-4H3. The normalized spacial score (nSPS) is 19.4. The van der Waals surface area contributed by atoms with Crippen LogP contribution in [-0.4, -0.2) is 44.7 Å². The van der Waals surface area contributed by atoms with E-state index in [1.807, 2.05) is 0 Å². The molecule has 0 aliphatic carbocycles. The predicted octanol–water partition coefficient (Wildman–Crippen LogP) is 2.46. The first-order valence-corrected chi connectivity index (χ1v) is 9.57. The van der Waals surface area contributed by atoms with Crippen LogP contribution in [0.15, 0.2) is 0 Å². The van der Waals surface area contributed by atoms with Crippen molar-refractivity contribution >= 4 is 10.0 Å². The molecule has 1 N–H and O–H groups in total. The van der Waals surface area contributed by atoms with Gasteiger partial charge in [-0.3, -0.25) is 0 Å². The van der Waals surface area contributed by atoms with Crippen molar-refractivity contribution in [1.82, 2.24) is 9.62 Å². The van der Waals surface area contributed by atoms with Crippen LogP contribution in [0.5, 0.6) is 0 Å². The second-order valence-electron chi connectivity index (χ2n) is 6.92. The summed E-state index contributed by atoms with van der Waals surface area (Å²) >= 11 is 0. The Labute approximate surface area is 125 Å². The summed E-state index contributed by atoms with van der Waals surface area (Å²) in [6.07, 6.45) is 3.69. The Hall–Kier alpha value is -0.130. The first-order valence-electron chi connectivity index (χ1n) is 7.96. The molecule has 20 heavy (non-hydrogen) atoms. The molecule has 1 heterocycles. The molecule has 0 unspecified atom stereocenters. The summed E-state index contributed by atoms with van der Waals surface area (Å²) in [6, 6.07) is 0. The zero-order chi connectivity index (χ0) is 15.2. The molecule has 1 fully saturated rings. The molecule has 0 aromatic heterocycles. The SMILES string of the molecule is CCNCCCCS(=O)(=O)N1CCC(C(C)(C)C)CC1. The van der Waals surface area contributed by atoms with Gasteiger partial charge in [-0.15, -0.1) is 0 Å². The number of piperidine rings is 1. The van der Waals surface area contributed by atoms with E-state index in [2.05, 4.69) is 33.0 Å². The fraction of sp³-hybridized carbons (Fsp3) is 1.00. The molecular weight excluding hydrogens is 272 g/mol. The van der Waals surface area contributed by atoms with E-state index in [-0.39, 0.29) is 0 Å². The van der Waals surface area contributed by atoms with Crippen LogP contribution in [0.4, 0.5) is 0 Å². The Morgan fingerprint density at radius 3 is 2.25 bits per heavy atom. The van der Waals surface area contributed by atoms with Crippen LogP contribution < -0.4 is 5.32 Å². The van der Waals surface area contributed by atoms with Gasteiger partial charge in [-0.25, -0.2) is 12.7 Å². The highest BCUT2D eigenvalue weighted by Gasteiger charge is 2.32. The molecule has 1 aliphatic heterocycles. The fourth-order valence-electron chi connectivity index (χ4n) is 2.84.